The molecule has 2 aliphatic rings. The summed E-state index contributed by atoms with van der Waals surface area (Å²) in [5, 5.41) is 3.34. The van der Waals surface area contributed by atoms with Gasteiger partial charge in [-0.1, -0.05) is 0 Å². The first-order valence-corrected chi connectivity index (χ1v) is 3.32. The van der Waals surface area contributed by atoms with Crippen LogP contribution in [0.4, 0.5) is 0 Å². The van der Waals surface area contributed by atoms with Crippen LogP contribution in [0.3, 0.4) is 0 Å². The van der Waals surface area contributed by atoms with Crippen molar-refractivity contribution in [2.24, 2.45) is 0 Å². The van der Waals surface area contributed by atoms with E-state index in [2.05, 4.69) is 17.3 Å². The molecule has 2 aliphatic heterocycles. The lowest BCUT2D eigenvalue weighted by Gasteiger charge is -2.44. The van der Waals surface area contributed by atoms with Gasteiger partial charge in [0.05, 0.1) is 18.9 Å². The summed E-state index contributed by atoms with van der Waals surface area (Å²) in [4.78, 5) is 2.29. The highest BCUT2D eigenvalue weighted by Gasteiger charge is 2.43. The Kier molecular flexibility index (Phi) is 1.06. The fourth-order valence-corrected chi connectivity index (χ4v) is 1.69. The number of nitrogens with zero attached hydrogens (tertiary/aromatic N) is 1. The third kappa shape index (κ3) is 0.764. The van der Waals surface area contributed by atoms with E-state index in [0.717, 1.165) is 26.4 Å². The molecule has 0 aromatic rings. The van der Waals surface area contributed by atoms with Gasteiger partial charge in [-0.05, 0) is 7.05 Å². The molecule has 0 aromatic heterocycles. The second-order valence-corrected chi connectivity index (χ2v) is 3.12. The van der Waals surface area contributed by atoms with Crippen molar-refractivity contribution in [3.63, 3.8) is 0 Å². The smallest absolute Gasteiger partial charge is 0.0972 e. The Bertz CT molecular complexity index is 112. The SMILES string of the molecule is CN1CC2(COCN2)C1. The molecule has 2 rings (SSSR count). The third-order valence-corrected chi connectivity index (χ3v) is 2.07. The van der Waals surface area contributed by atoms with E-state index in [-0.39, 0.29) is 0 Å². The van der Waals surface area contributed by atoms with E-state index >= 15 is 0 Å². The molecule has 0 aliphatic carbocycles. The van der Waals surface area contributed by atoms with Gasteiger partial charge in [-0.25, -0.2) is 0 Å². The molecule has 0 radical (unpaired) electrons. The van der Waals surface area contributed by atoms with Crippen molar-refractivity contribution in [2.45, 2.75) is 5.54 Å². The van der Waals surface area contributed by atoms with Crippen LogP contribution in [-0.2, 0) is 4.74 Å². The molecule has 3 nitrogen and oxygen atoms in total. The molecule has 0 bridgehead atoms. The average Bonchev–Trinajstić information content (AvgIpc) is 2.12. The van der Waals surface area contributed by atoms with Gasteiger partial charge in [-0.2, -0.15) is 0 Å². The van der Waals surface area contributed by atoms with E-state index in [1.807, 2.05) is 0 Å². The zero-order valence-electron chi connectivity index (χ0n) is 5.68. The molecule has 0 aromatic carbocycles. The molecule has 2 heterocycles. The van der Waals surface area contributed by atoms with Crippen LogP contribution in [0, 0.1) is 0 Å². The minimum atomic E-state index is 0.342. The highest BCUT2D eigenvalue weighted by atomic mass is 16.5. The second kappa shape index (κ2) is 1.68. The molecule has 1 spiro atoms. The van der Waals surface area contributed by atoms with Crippen LogP contribution in [0.1, 0.15) is 0 Å². The van der Waals surface area contributed by atoms with Crippen LogP contribution in [0.15, 0.2) is 0 Å². The summed E-state index contributed by atoms with van der Waals surface area (Å²) in [6, 6.07) is 0. The Morgan fingerprint density at radius 2 is 2.33 bits per heavy atom. The van der Waals surface area contributed by atoms with E-state index in [9.17, 15) is 0 Å². The van der Waals surface area contributed by atoms with Crippen molar-refractivity contribution >= 4 is 0 Å². The Morgan fingerprint density at radius 1 is 1.56 bits per heavy atom. The number of likely N-dealkylation sites (tertiary alicyclic amines) is 1. The van der Waals surface area contributed by atoms with Gasteiger partial charge in [0.2, 0.25) is 0 Å². The van der Waals surface area contributed by atoms with Gasteiger partial charge in [-0.15, -0.1) is 0 Å². The first-order chi connectivity index (χ1) is 4.31. The van der Waals surface area contributed by atoms with Crippen LogP contribution in [0.2, 0.25) is 0 Å². The Labute approximate surface area is 55.0 Å². The Morgan fingerprint density at radius 3 is 2.78 bits per heavy atom. The number of hydrogen-bond acceptors (Lipinski definition) is 3. The predicted molar refractivity (Wildman–Crippen MR) is 34.2 cm³/mol. The maximum atomic E-state index is 5.21. The Hall–Kier alpha value is -0.120. The van der Waals surface area contributed by atoms with Crippen LogP contribution in [-0.4, -0.2) is 43.9 Å². The standard InChI is InChI=1S/C6H12N2O/c1-8-2-6(3-8)4-9-5-7-6/h7H,2-5H2,1H3. The van der Waals surface area contributed by atoms with Crippen molar-refractivity contribution in [2.75, 3.05) is 33.5 Å². The third-order valence-electron chi connectivity index (χ3n) is 2.07. The summed E-state index contributed by atoms with van der Waals surface area (Å²) < 4.78 is 5.21. The van der Waals surface area contributed by atoms with E-state index < -0.39 is 0 Å². The van der Waals surface area contributed by atoms with Gasteiger partial charge in [0, 0.05) is 13.1 Å². The van der Waals surface area contributed by atoms with E-state index in [0.29, 0.717) is 5.54 Å². The summed E-state index contributed by atoms with van der Waals surface area (Å²) in [6.07, 6.45) is 0. The summed E-state index contributed by atoms with van der Waals surface area (Å²) in [5.41, 5.74) is 0.342. The number of nitrogens with one attached hydrogen (secondary N) is 1. The molecule has 52 valence electrons. The molecule has 1 N–H and O–H groups in total. The van der Waals surface area contributed by atoms with Crippen molar-refractivity contribution in [1.82, 2.24) is 10.2 Å². The monoisotopic (exact) mass is 128 g/mol. The van der Waals surface area contributed by atoms with Crippen molar-refractivity contribution in [3.8, 4) is 0 Å². The van der Waals surface area contributed by atoms with Gasteiger partial charge in [0.1, 0.15) is 0 Å². The van der Waals surface area contributed by atoms with E-state index in [1.165, 1.54) is 0 Å². The highest BCUT2D eigenvalue weighted by Crippen LogP contribution is 2.22. The average molecular weight is 128 g/mol. The van der Waals surface area contributed by atoms with E-state index in [1.54, 1.807) is 0 Å². The van der Waals surface area contributed by atoms with Crippen molar-refractivity contribution < 1.29 is 4.74 Å². The molecule has 0 unspecified atom stereocenters. The molecule has 0 saturated carbocycles. The van der Waals surface area contributed by atoms with Gasteiger partial charge >= 0.3 is 0 Å². The molecule has 9 heavy (non-hydrogen) atoms. The summed E-state index contributed by atoms with van der Waals surface area (Å²) in [7, 11) is 2.13. The molecule has 2 saturated heterocycles. The lowest BCUT2D eigenvalue weighted by atomic mass is 9.93. The number of likely N-dealkylation sites (N-methyl/N-ethyl adjacent to an activating group) is 1. The maximum Gasteiger partial charge on any atom is 0.0972 e. The molecule has 0 amide bonds. The minimum absolute atomic E-state index is 0.342. The zero-order valence-corrected chi connectivity index (χ0v) is 5.68. The van der Waals surface area contributed by atoms with Gasteiger partial charge in [0.15, 0.2) is 0 Å². The topological polar surface area (TPSA) is 24.5 Å². The molecular weight excluding hydrogens is 116 g/mol. The number of rotatable bonds is 0. The fraction of sp³-hybridized carbons (Fsp3) is 1.00. The lowest BCUT2D eigenvalue weighted by Crippen LogP contribution is -2.66. The predicted octanol–water partition coefficient (Wildman–Crippen LogP) is -0.752. The summed E-state index contributed by atoms with van der Waals surface area (Å²) >= 11 is 0. The van der Waals surface area contributed by atoms with Gasteiger partial charge in [-0.3, -0.25) is 5.32 Å². The second-order valence-electron chi connectivity index (χ2n) is 3.12. The zero-order chi connectivity index (χ0) is 6.32. The fourth-order valence-electron chi connectivity index (χ4n) is 1.69. The largest absolute Gasteiger partial charge is 0.364 e. The lowest BCUT2D eigenvalue weighted by molar-refractivity contribution is 0.0674. The van der Waals surface area contributed by atoms with Crippen LogP contribution in [0.25, 0.3) is 0 Å². The number of ether oxygens (including phenoxy) is 1. The molecular formula is C6H12N2O. The molecule has 3 heteroatoms. The van der Waals surface area contributed by atoms with Gasteiger partial charge < -0.3 is 9.64 Å². The normalized spacial score (nSPS) is 33.0. The molecule has 2 fully saturated rings. The minimum Gasteiger partial charge on any atom is -0.364 e. The van der Waals surface area contributed by atoms with Crippen molar-refractivity contribution in [3.05, 3.63) is 0 Å². The van der Waals surface area contributed by atoms with Crippen LogP contribution >= 0.6 is 0 Å². The van der Waals surface area contributed by atoms with Crippen LogP contribution < -0.4 is 5.32 Å². The maximum absolute atomic E-state index is 5.21. The molecule has 0 atom stereocenters. The van der Waals surface area contributed by atoms with Crippen LogP contribution in [0.5, 0.6) is 0 Å². The Balaban J connectivity index is 1.95. The van der Waals surface area contributed by atoms with Gasteiger partial charge in [0.25, 0.3) is 0 Å². The first kappa shape index (κ1) is 5.65. The van der Waals surface area contributed by atoms with Crippen molar-refractivity contribution in [1.29, 1.82) is 0 Å². The van der Waals surface area contributed by atoms with E-state index in [4.69, 9.17) is 4.74 Å². The highest BCUT2D eigenvalue weighted by molar-refractivity contribution is 5.02. The summed E-state index contributed by atoms with van der Waals surface area (Å²) in [6.45, 7) is 3.94. The number of hydrogen-bond donors (Lipinski definition) is 1. The first-order valence-electron chi connectivity index (χ1n) is 3.32. The summed E-state index contributed by atoms with van der Waals surface area (Å²) in [5.74, 6) is 0. The quantitative estimate of drug-likeness (QED) is 0.464.